The third-order valence-electron chi connectivity index (χ3n) is 1.91. The number of nitro benzene ring substituents is 1. The highest BCUT2D eigenvalue weighted by Crippen LogP contribution is 2.25. The minimum absolute atomic E-state index is 0.0622. The van der Waals surface area contributed by atoms with Crippen molar-refractivity contribution in [3.8, 4) is 18.2 Å². The summed E-state index contributed by atoms with van der Waals surface area (Å²) in [6.45, 7) is 0. The van der Waals surface area contributed by atoms with E-state index >= 15 is 0 Å². The largest absolute Gasteiger partial charge is 0.294 e. The summed E-state index contributed by atoms with van der Waals surface area (Å²) in [7, 11) is 0. The molecule has 1 aromatic rings. The fourth-order valence-electron chi connectivity index (χ4n) is 1.22. The summed E-state index contributed by atoms with van der Waals surface area (Å²) in [5.41, 5.74) is -0.715. The van der Waals surface area contributed by atoms with Crippen LogP contribution in [0.1, 0.15) is 11.1 Å². The van der Waals surface area contributed by atoms with E-state index in [9.17, 15) is 10.1 Å². The highest BCUT2D eigenvalue weighted by atomic mass is 16.6. The molecule has 0 aliphatic carbocycles. The van der Waals surface area contributed by atoms with Crippen LogP contribution in [0.25, 0.3) is 6.08 Å². The number of nitrogens with zero attached hydrogens (tertiary/aromatic N) is 4. The Labute approximate surface area is 96.4 Å². The number of benzene rings is 1. The van der Waals surface area contributed by atoms with Gasteiger partial charge in [0, 0.05) is 0 Å². The van der Waals surface area contributed by atoms with E-state index in [-0.39, 0.29) is 16.7 Å². The second-order valence-electron chi connectivity index (χ2n) is 2.89. The third-order valence-corrected chi connectivity index (χ3v) is 1.91. The third kappa shape index (κ3) is 2.44. The molecule has 0 spiro atoms. The van der Waals surface area contributed by atoms with Crippen LogP contribution < -0.4 is 0 Å². The van der Waals surface area contributed by atoms with Crippen molar-refractivity contribution in [2.24, 2.45) is 0 Å². The van der Waals surface area contributed by atoms with Gasteiger partial charge in [0.25, 0.3) is 5.69 Å². The predicted octanol–water partition coefficient (Wildman–Crippen LogP) is 1.90. The number of para-hydroxylation sites is 1. The van der Waals surface area contributed by atoms with Gasteiger partial charge in [0.1, 0.15) is 29.3 Å². The number of rotatable bonds is 2. The number of nitro groups is 1. The lowest BCUT2D eigenvalue weighted by Crippen LogP contribution is -1.95. The van der Waals surface area contributed by atoms with Crippen LogP contribution in [0.15, 0.2) is 23.8 Å². The number of nitriles is 3. The molecule has 0 radical (unpaired) electrons. The summed E-state index contributed by atoms with van der Waals surface area (Å²) < 4.78 is 0. The van der Waals surface area contributed by atoms with Gasteiger partial charge in [-0.1, -0.05) is 6.07 Å². The molecule has 1 aromatic carbocycles. The fraction of sp³-hybridized carbons (Fsp3) is 0. The molecule has 6 nitrogen and oxygen atoms in total. The van der Waals surface area contributed by atoms with E-state index in [4.69, 9.17) is 15.8 Å². The minimum atomic E-state index is -0.712. The summed E-state index contributed by atoms with van der Waals surface area (Å²) in [4.78, 5) is 10.1. The van der Waals surface area contributed by atoms with Crippen LogP contribution in [0, 0.1) is 44.1 Å². The molecule has 0 aliphatic heterocycles. The van der Waals surface area contributed by atoms with Gasteiger partial charge in [-0.3, -0.25) is 10.1 Å². The standard InChI is InChI=1S/C11H4N4O2/c12-5-8(6-13)4-9-2-1-3-10(7-14)11(9)15(16)17/h1-4H. The van der Waals surface area contributed by atoms with Crippen LogP contribution >= 0.6 is 0 Å². The normalized spacial score (nSPS) is 8.29. The minimum Gasteiger partial charge on any atom is -0.258 e. The van der Waals surface area contributed by atoms with Crippen molar-refractivity contribution in [3.63, 3.8) is 0 Å². The van der Waals surface area contributed by atoms with Crippen LogP contribution in [0.5, 0.6) is 0 Å². The summed E-state index contributed by atoms with van der Waals surface area (Å²) >= 11 is 0. The van der Waals surface area contributed by atoms with Gasteiger partial charge in [0.15, 0.2) is 0 Å². The van der Waals surface area contributed by atoms with Crippen LogP contribution in [0.4, 0.5) is 5.69 Å². The molecule has 0 saturated carbocycles. The quantitative estimate of drug-likeness (QED) is 0.432. The van der Waals surface area contributed by atoms with Crippen molar-refractivity contribution in [3.05, 3.63) is 45.0 Å². The van der Waals surface area contributed by atoms with Crippen LogP contribution in [0.2, 0.25) is 0 Å². The van der Waals surface area contributed by atoms with E-state index in [2.05, 4.69) is 0 Å². The zero-order valence-electron chi connectivity index (χ0n) is 8.41. The lowest BCUT2D eigenvalue weighted by Gasteiger charge is -1.98. The molecular formula is C11H4N4O2. The predicted molar refractivity (Wildman–Crippen MR) is 57.0 cm³/mol. The van der Waals surface area contributed by atoms with E-state index in [0.29, 0.717) is 0 Å². The Kier molecular flexibility index (Phi) is 3.55. The molecular weight excluding hydrogens is 220 g/mol. The van der Waals surface area contributed by atoms with Crippen molar-refractivity contribution < 1.29 is 4.92 Å². The van der Waals surface area contributed by atoms with Crippen molar-refractivity contribution in [2.45, 2.75) is 0 Å². The van der Waals surface area contributed by atoms with Gasteiger partial charge < -0.3 is 0 Å². The molecule has 0 bridgehead atoms. The van der Waals surface area contributed by atoms with Gasteiger partial charge in [-0.25, -0.2) is 0 Å². The first-order valence-electron chi connectivity index (χ1n) is 4.33. The molecule has 0 unspecified atom stereocenters. The maximum Gasteiger partial charge on any atom is 0.294 e. The van der Waals surface area contributed by atoms with E-state index in [1.165, 1.54) is 18.2 Å². The van der Waals surface area contributed by atoms with Crippen LogP contribution in [-0.2, 0) is 0 Å². The molecule has 6 heteroatoms. The number of hydrogen-bond acceptors (Lipinski definition) is 5. The highest BCUT2D eigenvalue weighted by Gasteiger charge is 2.18. The Balaban J connectivity index is 3.53. The SMILES string of the molecule is N#CC(C#N)=Cc1cccc(C#N)c1[N+](=O)[O-]. The Morgan fingerprint density at radius 2 is 1.94 bits per heavy atom. The lowest BCUT2D eigenvalue weighted by atomic mass is 10.1. The summed E-state index contributed by atoms with van der Waals surface area (Å²) in [5, 5.41) is 36.7. The van der Waals surface area contributed by atoms with Crippen LogP contribution in [0.3, 0.4) is 0 Å². The Hall–Kier alpha value is -3.17. The summed E-state index contributed by atoms with van der Waals surface area (Å²) in [6.07, 6.45) is 1.08. The molecule has 0 amide bonds. The van der Waals surface area contributed by atoms with Gasteiger partial charge in [-0.15, -0.1) is 0 Å². The fourth-order valence-corrected chi connectivity index (χ4v) is 1.22. The molecule has 0 fully saturated rings. The maximum absolute atomic E-state index is 10.8. The second kappa shape index (κ2) is 5.06. The smallest absolute Gasteiger partial charge is 0.258 e. The first-order valence-corrected chi connectivity index (χ1v) is 4.33. The average Bonchev–Trinajstić information content (AvgIpc) is 2.34. The van der Waals surface area contributed by atoms with Gasteiger partial charge in [0.2, 0.25) is 0 Å². The molecule has 0 aromatic heterocycles. The zero-order chi connectivity index (χ0) is 12.8. The van der Waals surface area contributed by atoms with Crippen LogP contribution in [-0.4, -0.2) is 4.92 Å². The average molecular weight is 224 g/mol. The summed E-state index contributed by atoms with van der Waals surface area (Å²) in [6, 6.07) is 9.00. The second-order valence-corrected chi connectivity index (χ2v) is 2.89. The number of hydrogen-bond donors (Lipinski definition) is 0. The van der Waals surface area contributed by atoms with Gasteiger partial charge >= 0.3 is 0 Å². The molecule has 0 aliphatic rings. The Morgan fingerprint density at radius 3 is 2.41 bits per heavy atom. The topological polar surface area (TPSA) is 115 Å². The molecule has 0 heterocycles. The molecule has 1 rings (SSSR count). The summed E-state index contributed by atoms with van der Waals surface area (Å²) in [5.74, 6) is 0. The monoisotopic (exact) mass is 224 g/mol. The van der Waals surface area contributed by atoms with Crippen molar-refractivity contribution in [1.82, 2.24) is 0 Å². The van der Waals surface area contributed by atoms with Gasteiger partial charge in [-0.05, 0) is 18.2 Å². The first kappa shape index (κ1) is 11.9. The molecule has 0 saturated heterocycles. The first-order chi connectivity index (χ1) is 8.13. The van der Waals surface area contributed by atoms with E-state index in [1.54, 1.807) is 18.2 Å². The number of allylic oxidation sites excluding steroid dienone is 1. The van der Waals surface area contributed by atoms with Crippen molar-refractivity contribution in [2.75, 3.05) is 0 Å². The van der Waals surface area contributed by atoms with Crippen molar-refractivity contribution in [1.29, 1.82) is 15.8 Å². The lowest BCUT2D eigenvalue weighted by molar-refractivity contribution is -0.385. The molecule has 0 N–H and O–H groups in total. The highest BCUT2D eigenvalue weighted by molar-refractivity contribution is 5.71. The van der Waals surface area contributed by atoms with E-state index < -0.39 is 10.6 Å². The van der Waals surface area contributed by atoms with Gasteiger partial charge in [0.05, 0.1) is 10.5 Å². The van der Waals surface area contributed by atoms with Crippen molar-refractivity contribution >= 4 is 11.8 Å². The van der Waals surface area contributed by atoms with E-state index in [1.807, 2.05) is 0 Å². The zero-order valence-corrected chi connectivity index (χ0v) is 8.41. The van der Waals surface area contributed by atoms with E-state index in [0.717, 1.165) is 6.08 Å². The molecule has 0 atom stereocenters. The maximum atomic E-state index is 10.8. The molecule has 80 valence electrons. The van der Waals surface area contributed by atoms with Gasteiger partial charge in [-0.2, -0.15) is 15.8 Å². The Bertz CT molecular complexity index is 610. The Morgan fingerprint density at radius 1 is 1.29 bits per heavy atom. The molecule has 17 heavy (non-hydrogen) atoms.